The first-order valence-electron chi connectivity index (χ1n) is 2.27. The summed E-state index contributed by atoms with van der Waals surface area (Å²) in [5.74, 6) is 0. The fourth-order valence-electron chi connectivity index (χ4n) is 0.511. The van der Waals surface area contributed by atoms with Crippen LogP contribution in [0.1, 0.15) is 0 Å². The second-order valence-corrected chi connectivity index (χ2v) is 2.17. The van der Waals surface area contributed by atoms with Crippen molar-refractivity contribution in [2.75, 3.05) is 0 Å². The van der Waals surface area contributed by atoms with Crippen molar-refractivity contribution in [3.8, 4) is 0 Å². The van der Waals surface area contributed by atoms with E-state index in [1.165, 1.54) is 17.7 Å². The molecule has 2 aromatic heterocycles. The van der Waals surface area contributed by atoms with Gasteiger partial charge < -0.3 is 0 Å². The van der Waals surface area contributed by atoms with Crippen molar-refractivity contribution < 1.29 is 0 Å². The topological polar surface area (TPSA) is 51.6 Å². The first-order valence-corrected chi connectivity index (χ1v) is 3.09. The van der Waals surface area contributed by atoms with Gasteiger partial charge in [0.2, 0.25) is 0 Å². The van der Waals surface area contributed by atoms with Gasteiger partial charge in [-0.1, -0.05) is 11.3 Å². The molecule has 0 aliphatic carbocycles. The van der Waals surface area contributed by atoms with Crippen molar-refractivity contribution in [3.63, 3.8) is 0 Å². The number of hydrogen-bond acceptors (Lipinski definition) is 5. The molecule has 0 saturated heterocycles. The molecular formula is C4HN4S. The van der Waals surface area contributed by atoms with Crippen LogP contribution < -0.4 is 0 Å². The Labute approximate surface area is 54.6 Å². The van der Waals surface area contributed by atoms with Crippen LogP contribution in [0.5, 0.6) is 0 Å². The minimum Gasteiger partial charge on any atom is -0.212 e. The van der Waals surface area contributed by atoms with Gasteiger partial charge in [-0.05, 0) is 0 Å². The molecular weight excluding hydrogens is 136 g/mol. The maximum Gasteiger partial charge on any atom is 0.193 e. The lowest BCUT2D eigenvalue weighted by Gasteiger charge is -1.77. The summed E-state index contributed by atoms with van der Waals surface area (Å²) in [5, 5.41) is 7.33. The van der Waals surface area contributed by atoms with Crippen LogP contribution in [-0.2, 0) is 0 Å². The van der Waals surface area contributed by atoms with Crippen LogP contribution in [0.2, 0.25) is 0 Å². The average Bonchev–Trinajstić information content (AvgIpc) is 2.33. The van der Waals surface area contributed by atoms with Crippen LogP contribution in [0, 0.1) is 5.51 Å². The zero-order valence-electron chi connectivity index (χ0n) is 4.27. The first kappa shape index (κ1) is 4.75. The molecule has 4 nitrogen and oxygen atoms in total. The van der Waals surface area contributed by atoms with Crippen LogP contribution in [0.3, 0.4) is 0 Å². The molecule has 0 aliphatic rings. The highest BCUT2D eigenvalue weighted by Gasteiger charge is 1.95. The monoisotopic (exact) mass is 137 g/mol. The molecule has 0 atom stereocenters. The van der Waals surface area contributed by atoms with E-state index >= 15 is 0 Å². The van der Waals surface area contributed by atoms with Crippen LogP contribution >= 0.6 is 11.3 Å². The Balaban J connectivity index is 2.95. The summed E-state index contributed by atoms with van der Waals surface area (Å²) >= 11 is 1.32. The highest BCUT2D eigenvalue weighted by Crippen LogP contribution is 2.07. The van der Waals surface area contributed by atoms with Gasteiger partial charge in [-0.3, -0.25) is 0 Å². The van der Waals surface area contributed by atoms with E-state index in [0.717, 1.165) is 4.83 Å². The zero-order valence-corrected chi connectivity index (χ0v) is 5.09. The fraction of sp³-hybridized carbons (Fsp3) is 0. The number of nitrogens with zero attached hydrogens (tertiary/aromatic N) is 4. The number of thiazole rings is 1. The van der Waals surface area contributed by atoms with Crippen molar-refractivity contribution in [1.29, 1.82) is 0 Å². The van der Waals surface area contributed by atoms with E-state index in [4.69, 9.17) is 0 Å². The van der Waals surface area contributed by atoms with Crippen LogP contribution in [-0.4, -0.2) is 20.2 Å². The zero-order chi connectivity index (χ0) is 6.10. The summed E-state index contributed by atoms with van der Waals surface area (Å²) in [4.78, 5) is 8.37. The normalized spacial score (nSPS) is 10.2. The smallest absolute Gasteiger partial charge is 0.193 e. The molecule has 1 radical (unpaired) electrons. The van der Waals surface area contributed by atoms with Gasteiger partial charge in [-0.25, -0.2) is 9.97 Å². The Morgan fingerprint density at radius 2 is 2.56 bits per heavy atom. The summed E-state index contributed by atoms with van der Waals surface area (Å²) < 4.78 is 0. The van der Waals surface area contributed by atoms with Gasteiger partial charge in [-0.2, -0.15) is 0 Å². The second kappa shape index (κ2) is 1.70. The maximum absolute atomic E-state index is 3.84. The van der Waals surface area contributed by atoms with Crippen molar-refractivity contribution in [1.82, 2.24) is 20.2 Å². The van der Waals surface area contributed by atoms with Crippen LogP contribution in [0.25, 0.3) is 10.5 Å². The third-order valence-electron chi connectivity index (χ3n) is 0.865. The molecule has 2 rings (SSSR count). The Morgan fingerprint density at radius 3 is 3.44 bits per heavy atom. The highest BCUT2D eigenvalue weighted by molar-refractivity contribution is 7.15. The van der Waals surface area contributed by atoms with Crippen molar-refractivity contribution in [2.24, 2.45) is 0 Å². The molecule has 2 heterocycles. The van der Waals surface area contributed by atoms with Gasteiger partial charge in [0.25, 0.3) is 0 Å². The van der Waals surface area contributed by atoms with E-state index in [-0.39, 0.29) is 0 Å². The molecule has 0 bridgehead atoms. The molecule has 0 fully saturated rings. The molecule has 2 aromatic rings. The molecule has 5 heteroatoms. The lowest BCUT2D eigenvalue weighted by molar-refractivity contribution is 1.02. The van der Waals surface area contributed by atoms with E-state index < -0.39 is 0 Å². The summed E-state index contributed by atoms with van der Waals surface area (Å²) in [5.41, 5.74) is 3.28. The minimum absolute atomic E-state index is 0.620. The Kier molecular flexibility index (Phi) is 0.895. The van der Waals surface area contributed by atoms with Crippen LogP contribution in [0.4, 0.5) is 0 Å². The first-order chi connectivity index (χ1) is 4.47. The summed E-state index contributed by atoms with van der Waals surface area (Å²) in [6.45, 7) is 0. The summed E-state index contributed by atoms with van der Waals surface area (Å²) in [7, 11) is 0. The van der Waals surface area contributed by atoms with Gasteiger partial charge in [-0.15, -0.1) is 10.2 Å². The van der Waals surface area contributed by atoms with Gasteiger partial charge >= 0.3 is 0 Å². The summed E-state index contributed by atoms with van der Waals surface area (Å²) in [6, 6.07) is 0. The Morgan fingerprint density at radius 1 is 1.56 bits per heavy atom. The fourth-order valence-corrected chi connectivity index (χ4v) is 1.01. The van der Waals surface area contributed by atoms with E-state index in [1.807, 2.05) is 0 Å². The second-order valence-electron chi connectivity index (χ2n) is 1.39. The SMILES string of the molecule is [c]1nc2ncnnc2s1. The number of aromatic nitrogens is 4. The molecule has 0 saturated carbocycles. The van der Waals surface area contributed by atoms with Crippen molar-refractivity contribution in [3.05, 3.63) is 11.8 Å². The lowest BCUT2D eigenvalue weighted by Crippen LogP contribution is -1.81. The number of hydrogen-bond donors (Lipinski definition) is 0. The molecule has 0 N–H and O–H groups in total. The Bertz CT molecular complexity index is 287. The molecule has 0 aliphatic heterocycles. The maximum atomic E-state index is 3.84. The predicted octanol–water partition coefficient (Wildman–Crippen LogP) is 0.281. The standard InChI is InChI=1S/C4HN4S/c1-5-3-4(8-7-1)9-2-6-3/h1H. The number of fused-ring (bicyclic) bond motifs is 1. The third kappa shape index (κ3) is 0.655. The number of rotatable bonds is 0. The molecule has 0 amide bonds. The van der Waals surface area contributed by atoms with Crippen LogP contribution in [0.15, 0.2) is 6.33 Å². The summed E-state index contributed by atoms with van der Waals surface area (Å²) in [6.07, 6.45) is 1.37. The molecule has 0 spiro atoms. The minimum atomic E-state index is 0.620. The van der Waals surface area contributed by atoms with Gasteiger partial charge in [0.05, 0.1) is 0 Å². The molecule has 9 heavy (non-hydrogen) atoms. The Hall–Kier alpha value is -1.10. The lowest BCUT2D eigenvalue weighted by atomic mass is 10.8. The van der Waals surface area contributed by atoms with Crippen molar-refractivity contribution in [2.45, 2.75) is 0 Å². The predicted molar refractivity (Wildman–Crippen MR) is 31.8 cm³/mol. The van der Waals surface area contributed by atoms with E-state index in [1.54, 1.807) is 0 Å². The van der Waals surface area contributed by atoms with Gasteiger partial charge in [0, 0.05) is 0 Å². The average molecular weight is 137 g/mol. The van der Waals surface area contributed by atoms with Crippen molar-refractivity contribution >= 4 is 21.8 Å². The quantitative estimate of drug-likeness (QED) is 0.523. The van der Waals surface area contributed by atoms with Gasteiger partial charge in [0.1, 0.15) is 6.33 Å². The molecule has 43 valence electrons. The van der Waals surface area contributed by atoms with E-state index in [9.17, 15) is 0 Å². The highest BCUT2D eigenvalue weighted by atomic mass is 32.1. The van der Waals surface area contributed by atoms with Gasteiger partial charge in [0.15, 0.2) is 16.0 Å². The van der Waals surface area contributed by atoms with E-state index in [2.05, 4.69) is 25.7 Å². The third-order valence-corrected chi connectivity index (χ3v) is 1.51. The largest absolute Gasteiger partial charge is 0.212 e. The molecule has 0 unspecified atom stereocenters. The van der Waals surface area contributed by atoms with E-state index in [0.29, 0.717) is 5.65 Å². The molecule has 0 aromatic carbocycles.